The number of carbonyl (C=O) groups excluding carboxylic acids is 1. The fourth-order valence-electron chi connectivity index (χ4n) is 2.01. The van der Waals surface area contributed by atoms with Gasteiger partial charge in [-0.3, -0.25) is 10.1 Å². The predicted molar refractivity (Wildman–Crippen MR) is 79.3 cm³/mol. The number of nitrogens with zero attached hydrogens (tertiary/aromatic N) is 3. The molecule has 1 aliphatic rings. The molecule has 0 unspecified atom stereocenters. The topological polar surface area (TPSA) is 69.0 Å². The Balaban J connectivity index is 1.85. The number of amides is 1. The van der Waals surface area contributed by atoms with Crippen molar-refractivity contribution < 1.29 is 9.53 Å². The number of rotatable bonds is 4. The van der Waals surface area contributed by atoms with Crippen LogP contribution in [0.5, 0.6) is 5.88 Å². The van der Waals surface area contributed by atoms with Gasteiger partial charge in [-0.2, -0.15) is 4.98 Å². The summed E-state index contributed by atoms with van der Waals surface area (Å²) in [5, 5.41) is 3.32. The van der Waals surface area contributed by atoms with Crippen molar-refractivity contribution in [3.05, 3.63) is 34.2 Å². The first-order chi connectivity index (χ1) is 10.1. The van der Waals surface area contributed by atoms with Crippen LogP contribution in [-0.4, -0.2) is 27.6 Å². The zero-order valence-electron chi connectivity index (χ0n) is 11.1. The third kappa shape index (κ3) is 3.11. The number of methoxy groups -OCH3 is 1. The second kappa shape index (κ2) is 5.54. The van der Waals surface area contributed by atoms with Crippen molar-refractivity contribution in [1.82, 2.24) is 14.5 Å². The Kier molecular flexibility index (Phi) is 3.73. The molecule has 0 atom stereocenters. The van der Waals surface area contributed by atoms with Crippen molar-refractivity contribution in [2.75, 3.05) is 12.4 Å². The van der Waals surface area contributed by atoms with E-state index in [4.69, 9.17) is 27.9 Å². The fourth-order valence-corrected chi connectivity index (χ4v) is 2.39. The first-order valence-electron chi connectivity index (χ1n) is 6.34. The molecule has 0 aromatic carbocycles. The van der Waals surface area contributed by atoms with Crippen molar-refractivity contribution in [2.24, 2.45) is 0 Å². The van der Waals surface area contributed by atoms with E-state index in [-0.39, 0.29) is 22.9 Å². The van der Waals surface area contributed by atoms with Crippen molar-refractivity contribution >= 4 is 35.1 Å². The second-order valence-electron chi connectivity index (χ2n) is 4.69. The van der Waals surface area contributed by atoms with E-state index in [1.165, 1.54) is 13.2 Å². The number of anilines is 1. The van der Waals surface area contributed by atoms with Crippen molar-refractivity contribution in [1.29, 1.82) is 0 Å². The molecule has 2 heterocycles. The highest BCUT2D eigenvalue weighted by Gasteiger charge is 2.28. The Labute approximate surface area is 131 Å². The monoisotopic (exact) mass is 326 g/mol. The lowest BCUT2D eigenvalue weighted by Gasteiger charge is -2.08. The van der Waals surface area contributed by atoms with Gasteiger partial charge < -0.3 is 9.30 Å². The minimum atomic E-state index is -0.335. The summed E-state index contributed by atoms with van der Waals surface area (Å²) < 4.78 is 6.86. The van der Waals surface area contributed by atoms with E-state index in [1.807, 2.05) is 4.57 Å². The number of nitrogens with one attached hydrogen (secondary N) is 1. The van der Waals surface area contributed by atoms with Gasteiger partial charge in [0.1, 0.15) is 10.8 Å². The van der Waals surface area contributed by atoms with E-state index in [0.717, 1.165) is 12.8 Å². The van der Waals surface area contributed by atoms with Crippen molar-refractivity contribution in [3.63, 3.8) is 0 Å². The van der Waals surface area contributed by atoms with E-state index < -0.39 is 0 Å². The first kappa shape index (κ1) is 14.2. The van der Waals surface area contributed by atoms with Crippen LogP contribution in [-0.2, 0) is 0 Å². The summed E-state index contributed by atoms with van der Waals surface area (Å²) in [6.45, 7) is 0. The minimum Gasteiger partial charge on any atom is -0.481 e. The summed E-state index contributed by atoms with van der Waals surface area (Å²) in [4.78, 5) is 20.3. The normalized spacial score (nSPS) is 14.0. The zero-order chi connectivity index (χ0) is 15.0. The van der Waals surface area contributed by atoms with Crippen LogP contribution < -0.4 is 10.1 Å². The van der Waals surface area contributed by atoms with E-state index >= 15 is 0 Å². The maximum atomic E-state index is 12.3. The van der Waals surface area contributed by atoms with Crippen molar-refractivity contribution in [3.8, 4) is 5.88 Å². The number of hydrogen-bond donors (Lipinski definition) is 1. The van der Waals surface area contributed by atoms with Gasteiger partial charge in [0.25, 0.3) is 5.91 Å². The Hall–Kier alpha value is -1.79. The second-order valence-corrected chi connectivity index (χ2v) is 5.52. The molecule has 1 N–H and O–H groups in total. The molecule has 110 valence electrons. The summed E-state index contributed by atoms with van der Waals surface area (Å²) in [6, 6.07) is 3.42. The molecule has 1 aliphatic carbocycles. The Morgan fingerprint density at radius 3 is 2.81 bits per heavy atom. The molecule has 3 rings (SSSR count). The molecule has 8 heteroatoms. The summed E-state index contributed by atoms with van der Waals surface area (Å²) in [5.74, 6) is 0.0306. The fraction of sp³-hybridized carbons (Fsp3) is 0.308. The standard InChI is InChI=1S/C13H12Cl2N4O2/c1-21-11-5-10(15)16-13(17-11)18-12(20)9-4-7(14)6-19(9)8-2-3-8/h4-6,8H,2-3H2,1H3,(H,16,17,18,20). The van der Waals surface area contributed by atoms with Gasteiger partial charge in [0.2, 0.25) is 11.8 Å². The van der Waals surface area contributed by atoms with Gasteiger partial charge in [-0.1, -0.05) is 23.2 Å². The molecule has 1 saturated carbocycles. The Bertz CT molecular complexity index is 697. The third-order valence-electron chi connectivity index (χ3n) is 3.09. The molecular weight excluding hydrogens is 315 g/mol. The summed E-state index contributed by atoms with van der Waals surface area (Å²) in [5.41, 5.74) is 0.477. The van der Waals surface area contributed by atoms with Crippen LogP contribution in [0.15, 0.2) is 18.3 Å². The van der Waals surface area contributed by atoms with Crippen LogP contribution in [0.1, 0.15) is 29.4 Å². The lowest BCUT2D eigenvalue weighted by atomic mass is 10.4. The van der Waals surface area contributed by atoms with E-state index in [0.29, 0.717) is 16.8 Å². The largest absolute Gasteiger partial charge is 0.481 e. The van der Waals surface area contributed by atoms with Crippen LogP contribution >= 0.6 is 23.2 Å². The molecule has 0 spiro atoms. The van der Waals surface area contributed by atoms with E-state index in [1.54, 1.807) is 12.3 Å². The molecule has 0 aliphatic heterocycles. The smallest absolute Gasteiger partial charge is 0.274 e. The third-order valence-corrected chi connectivity index (χ3v) is 3.49. The summed E-state index contributed by atoms with van der Waals surface area (Å²) in [6.07, 6.45) is 3.85. The van der Waals surface area contributed by atoms with E-state index in [2.05, 4.69) is 15.3 Å². The molecule has 1 amide bonds. The quantitative estimate of drug-likeness (QED) is 0.876. The molecule has 21 heavy (non-hydrogen) atoms. The zero-order valence-corrected chi connectivity index (χ0v) is 12.6. The highest BCUT2D eigenvalue weighted by molar-refractivity contribution is 6.31. The average molecular weight is 327 g/mol. The van der Waals surface area contributed by atoms with Crippen LogP contribution in [0.25, 0.3) is 0 Å². The first-order valence-corrected chi connectivity index (χ1v) is 7.09. The lowest BCUT2D eigenvalue weighted by Crippen LogP contribution is -2.18. The van der Waals surface area contributed by atoms with Crippen molar-refractivity contribution in [2.45, 2.75) is 18.9 Å². The van der Waals surface area contributed by atoms with Crippen LogP contribution in [0, 0.1) is 0 Å². The van der Waals surface area contributed by atoms with Gasteiger partial charge in [-0.15, -0.1) is 0 Å². The van der Waals surface area contributed by atoms with Crippen LogP contribution in [0.3, 0.4) is 0 Å². The van der Waals surface area contributed by atoms with Crippen LogP contribution in [0.4, 0.5) is 5.95 Å². The molecule has 1 fully saturated rings. The lowest BCUT2D eigenvalue weighted by molar-refractivity contribution is 0.101. The molecule has 2 aromatic rings. The summed E-state index contributed by atoms with van der Waals surface area (Å²) in [7, 11) is 1.46. The SMILES string of the molecule is COc1cc(Cl)nc(NC(=O)c2cc(Cl)cn2C2CC2)n1. The number of ether oxygens (including phenoxy) is 1. The van der Waals surface area contributed by atoms with Gasteiger partial charge >= 0.3 is 0 Å². The molecule has 0 radical (unpaired) electrons. The Morgan fingerprint density at radius 2 is 2.14 bits per heavy atom. The number of aromatic nitrogens is 3. The maximum absolute atomic E-state index is 12.3. The van der Waals surface area contributed by atoms with Gasteiger partial charge in [0.15, 0.2) is 0 Å². The van der Waals surface area contributed by atoms with Gasteiger partial charge in [0, 0.05) is 18.3 Å². The number of halogens is 2. The Morgan fingerprint density at radius 1 is 1.38 bits per heavy atom. The highest BCUT2D eigenvalue weighted by Crippen LogP contribution is 2.37. The highest BCUT2D eigenvalue weighted by atomic mass is 35.5. The maximum Gasteiger partial charge on any atom is 0.274 e. The number of carbonyl (C=O) groups is 1. The van der Waals surface area contributed by atoms with Crippen LogP contribution in [0.2, 0.25) is 10.2 Å². The average Bonchev–Trinajstić information content (AvgIpc) is 3.20. The molecule has 0 bridgehead atoms. The molecule has 2 aromatic heterocycles. The van der Waals surface area contributed by atoms with E-state index in [9.17, 15) is 4.79 Å². The van der Waals surface area contributed by atoms with Gasteiger partial charge in [0.05, 0.1) is 12.1 Å². The molecular formula is C13H12Cl2N4O2. The van der Waals surface area contributed by atoms with Gasteiger partial charge in [-0.05, 0) is 18.9 Å². The predicted octanol–water partition coefficient (Wildman–Crippen LogP) is 3.18. The van der Waals surface area contributed by atoms with Gasteiger partial charge in [-0.25, -0.2) is 4.98 Å². The molecule has 6 nitrogen and oxygen atoms in total. The number of hydrogen-bond acceptors (Lipinski definition) is 4. The summed E-state index contributed by atoms with van der Waals surface area (Å²) >= 11 is 11.8. The molecule has 0 saturated heterocycles. The minimum absolute atomic E-state index is 0.0871.